The van der Waals surface area contributed by atoms with E-state index in [1.165, 1.54) is 0 Å². The first kappa shape index (κ1) is 26.4. The van der Waals surface area contributed by atoms with Crippen LogP contribution in [0, 0.1) is 27.7 Å². The molecule has 13 rings (SSSR count). The van der Waals surface area contributed by atoms with E-state index < -0.39 is 36.3 Å². The summed E-state index contributed by atoms with van der Waals surface area (Å²) in [5.74, 6) is 0. The second-order valence-corrected chi connectivity index (χ2v) is 16.5. The average molecular weight is 805 g/mol. The summed E-state index contributed by atoms with van der Waals surface area (Å²) in [4.78, 5) is 3.69. The summed E-state index contributed by atoms with van der Waals surface area (Å²) in [5.41, 5.74) is 12.4. The summed E-state index contributed by atoms with van der Waals surface area (Å²) < 4.78 is 93.3. The van der Waals surface area contributed by atoms with Crippen LogP contribution in [0.15, 0.2) is 182 Å². The first-order valence-corrected chi connectivity index (χ1v) is 20.8. The molecule has 0 saturated heterocycles. The molecule has 0 unspecified atom stereocenters. The van der Waals surface area contributed by atoms with E-state index in [1.807, 2.05) is 98.2 Å². The van der Waals surface area contributed by atoms with Crippen LogP contribution in [0.5, 0.6) is 0 Å². The fourth-order valence-electron chi connectivity index (χ4n) is 10.3. The van der Waals surface area contributed by atoms with Crippen LogP contribution in [-0.2, 0) is 0 Å². The second kappa shape index (κ2) is 12.8. The Kier molecular flexibility index (Phi) is 5.47. The van der Waals surface area contributed by atoms with Gasteiger partial charge < -0.3 is 18.6 Å². The monoisotopic (exact) mass is 804 g/mol. The third-order valence-corrected chi connectivity index (χ3v) is 12.9. The van der Waals surface area contributed by atoms with Crippen LogP contribution < -0.4 is 9.80 Å². The van der Waals surface area contributed by atoms with E-state index in [9.17, 15) is 5.48 Å². The first-order chi connectivity index (χ1) is 34.6. The fraction of sp³-hybridized carbons (Fsp3) is 0.0690. The molecular formula is C58H42N4. The number of hydrogen-bond donors (Lipinski definition) is 0. The number of para-hydroxylation sites is 4. The molecule has 0 N–H and O–H groups in total. The summed E-state index contributed by atoms with van der Waals surface area (Å²) in [6.45, 7) is 7.92. The van der Waals surface area contributed by atoms with E-state index in [-0.39, 0.29) is 35.5 Å². The molecule has 0 saturated carbocycles. The number of anilines is 6. The molecule has 0 atom stereocenters. The lowest BCUT2D eigenvalue weighted by molar-refractivity contribution is 1.25. The smallest absolute Gasteiger partial charge is 0.0645 e. The molecule has 0 bridgehead atoms. The lowest BCUT2D eigenvalue weighted by Crippen LogP contribution is -2.12. The molecule has 9 aromatic carbocycles. The van der Waals surface area contributed by atoms with Gasteiger partial charge in [0, 0.05) is 65.8 Å². The highest BCUT2D eigenvalue weighted by Gasteiger charge is 2.27. The molecule has 62 heavy (non-hydrogen) atoms. The molecule has 0 aliphatic carbocycles. The predicted molar refractivity (Wildman–Crippen MR) is 264 cm³/mol. The Labute approximate surface area is 373 Å². The normalized spacial score (nSPS) is 14.5. The molecular weight excluding hydrogens is 753 g/mol. The summed E-state index contributed by atoms with van der Waals surface area (Å²) in [7, 11) is 0. The molecule has 13 aromatic rings. The van der Waals surface area contributed by atoms with Gasteiger partial charge in [-0.25, -0.2) is 0 Å². The van der Waals surface area contributed by atoms with Crippen LogP contribution in [-0.4, -0.2) is 8.80 Å². The Morgan fingerprint density at radius 2 is 0.774 bits per heavy atom. The third kappa shape index (κ3) is 4.72. The zero-order chi connectivity index (χ0) is 50.1. The van der Waals surface area contributed by atoms with Gasteiger partial charge in [0.2, 0.25) is 0 Å². The molecule has 4 heterocycles. The molecule has 4 nitrogen and oxygen atoms in total. The van der Waals surface area contributed by atoms with Gasteiger partial charge in [0.15, 0.2) is 0 Å². The number of benzene rings is 9. The molecule has 0 fully saturated rings. The van der Waals surface area contributed by atoms with Crippen molar-refractivity contribution in [3.05, 3.63) is 204 Å². The Balaban J connectivity index is 1.11. The van der Waals surface area contributed by atoms with Crippen LogP contribution in [0.25, 0.3) is 76.2 Å². The van der Waals surface area contributed by atoms with Gasteiger partial charge in [-0.15, -0.1) is 0 Å². The predicted octanol–water partition coefficient (Wildman–Crippen LogP) is 16.2. The van der Waals surface area contributed by atoms with E-state index in [0.29, 0.717) is 22.7 Å². The van der Waals surface area contributed by atoms with Crippen molar-refractivity contribution in [3.8, 4) is 0 Å². The van der Waals surface area contributed by atoms with Gasteiger partial charge in [0.25, 0.3) is 0 Å². The molecule has 0 spiro atoms. The maximum Gasteiger partial charge on any atom is 0.0645 e. The number of rotatable bonds is 6. The second-order valence-electron chi connectivity index (χ2n) is 16.5. The lowest BCUT2D eigenvalue weighted by atomic mass is 10.0. The molecule has 4 heteroatoms. The quantitative estimate of drug-likeness (QED) is 0.166. The Morgan fingerprint density at radius 1 is 0.371 bits per heavy atom. The van der Waals surface area contributed by atoms with E-state index in [2.05, 4.69) is 69.5 Å². The van der Waals surface area contributed by atoms with Crippen LogP contribution in [0.1, 0.15) is 36.0 Å². The SMILES string of the molecule is [2H]c1c([2H])c([2H])c(N(c2cc(C)ccc2C)c2cccc3c2c2cccc4c5cc6c(cc5n3c42)c2cccc3c4c(N(c5cc(C)ccc5C)c5c([2H])c([2H])c([2H])c([2H])c5[2H])cccc4n6c23)c([2H])c1[2H]. The van der Waals surface area contributed by atoms with Gasteiger partial charge in [-0.3, -0.25) is 0 Å². The minimum atomic E-state index is -0.448. The average Bonchev–Trinajstić information content (AvgIpc) is 4.11. The van der Waals surface area contributed by atoms with Crippen molar-refractivity contribution in [1.82, 2.24) is 8.80 Å². The Bertz CT molecular complexity index is 4190. The van der Waals surface area contributed by atoms with Gasteiger partial charge in [-0.2, -0.15) is 0 Å². The molecule has 294 valence electrons. The number of fused-ring (bicyclic) bond motifs is 12. The minimum absolute atomic E-state index is 0.0744. The number of aromatic nitrogens is 2. The highest BCUT2D eigenvalue weighted by atomic mass is 15.2. The van der Waals surface area contributed by atoms with Crippen molar-refractivity contribution in [2.75, 3.05) is 9.80 Å². The standard InChI is InChI=1S/C58H42N4/c1-35-27-29-37(3)51(31-35)59(39-15-7-5-8-16-39)47-23-13-25-49-55(47)43-21-11-19-41-45-34-54-46(33-53(45)61(49)57(41)43)42-20-12-22-44-56-48(24-14-26-50(56)62(54)58(42)44)60(40-17-9-6-10-18-40)52-32-36(2)28-30-38(52)4/h5-34H,1-4H3/i5D,6D,7D,8D,9D,10D,15D,16D,17D,18D. The number of nitrogens with zero attached hydrogens (tertiary/aromatic N) is 4. The van der Waals surface area contributed by atoms with E-state index in [0.717, 1.165) is 98.4 Å². The van der Waals surface area contributed by atoms with Gasteiger partial charge in [-0.1, -0.05) is 109 Å². The van der Waals surface area contributed by atoms with Crippen molar-refractivity contribution in [2.24, 2.45) is 0 Å². The van der Waals surface area contributed by atoms with Crippen molar-refractivity contribution in [3.63, 3.8) is 0 Å². The zero-order valence-corrected chi connectivity index (χ0v) is 34.3. The van der Waals surface area contributed by atoms with Crippen molar-refractivity contribution in [1.29, 1.82) is 0 Å². The van der Waals surface area contributed by atoms with E-state index >= 15 is 0 Å². The Hall–Kier alpha value is -7.82. The van der Waals surface area contributed by atoms with Crippen LogP contribution >= 0.6 is 0 Å². The molecule has 0 radical (unpaired) electrons. The number of aryl methyl sites for hydroxylation is 4. The van der Waals surface area contributed by atoms with Crippen molar-refractivity contribution in [2.45, 2.75) is 27.7 Å². The maximum absolute atomic E-state index is 9.22. The van der Waals surface area contributed by atoms with E-state index in [4.69, 9.17) is 8.22 Å². The fourth-order valence-corrected chi connectivity index (χ4v) is 10.3. The van der Waals surface area contributed by atoms with Gasteiger partial charge in [0.1, 0.15) is 0 Å². The lowest BCUT2D eigenvalue weighted by Gasteiger charge is -2.28. The third-order valence-electron chi connectivity index (χ3n) is 12.9. The highest BCUT2D eigenvalue weighted by molar-refractivity contribution is 6.31. The summed E-state index contributed by atoms with van der Waals surface area (Å²) in [5, 5.41) is 7.80. The van der Waals surface area contributed by atoms with Gasteiger partial charge >= 0.3 is 0 Å². The molecule has 4 aromatic heterocycles. The molecule has 0 aliphatic heterocycles. The van der Waals surface area contributed by atoms with Crippen LogP contribution in [0.3, 0.4) is 0 Å². The summed E-state index contributed by atoms with van der Waals surface area (Å²) in [6, 6.07) is 37.5. The molecule has 0 aliphatic rings. The van der Waals surface area contributed by atoms with Crippen LogP contribution in [0.4, 0.5) is 34.1 Å². The van der Waals surface area contributed by atoms with Gasteiger partial charge in [-0.05, 0) is 123 Å². The highest BCUT2D eigenvalue weighted by Crippen LogP contribution is 2.50. The molecule has 0 amide bonds. The largest absolute Gasteiger partial charge is 0.310 e. The van der Waals surface area contributed by atoms with Gasteiger partial charge in [0.05, 0.1) is 58.2 Å². The van der Waals surface area contributed by atoms with Crippen molar-refractivity contribution < 1.29 is 13.7 Å². The summed E-state index contributed by atoms with van der Waals surface area (Å²) in [6.07, 6.45) is 0. The minimum Gasteiger partial charge on any atom is -0.310 e. The maximum atomic E-state index is 9.22. The van der Waals surface area contributed by atoms with Crippen molar-refractivity contribution >= 4 is 110 Å². The number of hydrogen-bond acceptors (Lipinski definition) is 2. The first-order valence-electron chi connectivity index (χ1n) is 25.8. The summed E-state index contributed by atoms with van der Waals surface area (Å²) >= 11 is 0. The Morgan fingerprint density at radius 3 is 1.21 bits per heavy atom. The van der Waals surface area contributed by atoms with E-state index in [1.54, 1.807) is 0 Å². The zero-order valence-electron chi connectivity index (χ0n) is 44.3. The topological polar surface area (TPSA) is 15.3 Å². The van der Waals surface area contributed by atoms with Crippen LogP contribution in [0.2, 0.25) is 0 Å².